The minimum Gasteiger partial charge on any atom is -0.497 e. The Morgan fingerprint density at radius 1 is 1.04 bits per heavy atom. The second kappa shape index (κ2) is 7.11. The van der Waals surface area contributed by atoms with Crippen LogP contribution in [0.15, 0.2) is 53.6 Å². The molecule has 6 heteroatoms. The van der Waals surface area contributed by atoms with E-state index in [0.29, 0.717) is 11.3 Å². The van der Waals surface area contributed by atoms with Gasteiger partial charge in [0.1, 0.15) is 11.3 Å². The van der Waals surface area contributed by atoms with Crippen LogP contribution in [0.4, 0.5) is 4.79 Å². The molecule has 1 fully saturated rings. The number of carbonyl (C=O) groups is 2. The van der Waals surface area contributed by atoms with Crippen molar-refractivity contribution >= 4 is 18.2 Å². The van der Waals surface area contributed by atoms with Gasteiger partial charge >= 0.3 is 6.03 Å². The van der Waals surface area contributed by atoms with Crippen molar-refractivity contribution in [2.75, 3.05) is 7.11 Å². The summed E-state index contributed by atoms with van der Waals surface area (Å²) in [6.45, 7) is 8.10. The molecule has 3 amide bonds. The molecule has 1 N–H and O–H groups in total. The first-order valence-corrected chi connectivity index (χ1v) is 9.11. The van der Waals surface area contributed by atoms with E-state index in [1.54, 1.807) is 38.3 Å². The fraction of sp³-hybridized carbons (Fsp3) is 0.318. The summed E-state index contributed by atoms with van der Waals surface area (Å²) in [6, 6.07) is 14.4. The molecule has 0 aromatic heterocycles. The lowest BCUT2D eigenvalue weighted by molar-refractivity contribution is -0.131. The van der Waals surface area contributed by atoms with Crippen LogP contribution in [-0.4, -0.2) is 30.3 Å². The van der Waals surface area contributed by atoms with E-state index < -0.39 is 17.5 Å². The Bertz CT molecular complexity index is 912. The van der Waals surface area contributed by atoms with Crippen molar-refractivity contribution in [2.45, 2.75) is 38.6 Å². The van der Waals surface area contributed by atoms with E-state index in [2.05, 4.69) is 31.2 Å². The number of hydrogen-bond acceptors (Lipinski definition) is 4. The molecule has 6 nitrogen and oxygen atoms in total. The Kier molecular flexibility index (Phi) is 4.98. The molecule has 0 bridgehead atoms. The highest BCUT2D eigenvalue weighted by Gasteiger charge is 2.49. The van der Waals surface area contributed by atoms with Gasteiger partial charge in [-0.3, -0.25) is 4.79 Å². The van der Waals surface area contributed by atoms with Gasteiger partial charge in [0, 0.05) is 0 Å². The molecule has 3 rings (SSSR count). The number of hydrogen-bond donors (Lipinski definition) is 1. The van der Waals surface area contributed by atoms with Gasteiger partial charge in [0.2, 0.25) is 0 Å². The highest BCUT2D eigenvalue weighted by molar-refractivity contribution is 6.07. The molecule has 2 aromatic carbocycles. The van der Waals surface area contributed by atoms with E-state index >= 15 is 0 Å². The van der Waals surface area contributed by atoms with Gasteiger partial charge < -0.3 is 10.1 Å². The number of hydrazone groups is 1. The van der Waals surface area contributed by atoms with Gasteiger partial charge in [-0.05, 0) is 41.2 Å². The van der Waals surface area contributed by atoms with Crippen LogP contribution in [0.1, 0.15) is 44.4 Å². The van der Waals surface area contributed by atoms with E-state index in [9.17, 15) is 9.59 Å². The summed E-state index contributed by atoms with van der Waals surface area (Å²) < 4.78 is 5.14. The number of amides is 3. The zero-order chi connectivity index (χ0) is 20.5. The van der Waals surface area contributed by atoms with Crippen molar-refractivity contribution < 1.29 is 14.3 Å². The number of ether oxygens (including phenoxy) is 1. The van der Waals surface area contributed by atoms with Crippen LogP contribution in [0.25, 0.3) is 0 Å². The number of urea groups is 1. The molecular formula is C22H25N3O3. The monoisotopic (exact) mass is 379 g/mol. The quantitative estimate of drug-likeness (QED) is 0.649. The minimum atomic E-state index is -1.17. The number of carbonyl (C=O) groups excluding carboxylic acids is 2. The van der Waals surface area contributed by atoms with Crippen LogP contribution in [0.5, 0.6) is 5.75 Å². The SMILES string of the molecule is COc1ccc(C2(C)NC(=O)N(/N=C/c3ccc(C(C)(C)C)cc3)C2=O)cc1. The van der Waals surface area contributed by atoms with Gasteiger partial charge in [-0.25, -0.2) is 4.79 Å². The van der Waals surface area contributed by atoms with Crippen LogP contribution in [0.3, 0.4) is 0 Å². The molecule has 28 heavy (non-hydrogen) atoms. The molecular weight excluding hydrogens is 354 g/mol. The smallest absolute Gasteiger partial charge is 0.346 e. The van der Waals surface area contributed by atoms with E-state index in [0.717, 1.165) is 10.6 Å². The van der Waals surface area contributed by atoms with Gasteiger partial charge in [-0.15, -0.1) is 5.01 Å². The molecule has 0 saturated carbocycles. The fourth-order valence-corrected chi connectivity index (χ4v) is 3.04. The van der Waals surface area contributed by atoms with E-state index in [1.165, 1.54) is 11.8 Å². The zero-order valence-corrected chi connectivity index (χ0v) is 16.8. The summed E-state index contributed by atoms with van der Waals surface area (Å²) in [5.74, 6) is 0.253. The van der Waals surface area contributed by atoms with Gasteiger partial charge in [0.05, 0.1) is 13.3 Å². The molecule has 0 radical (unpaired) electrons. The zero-order valence-electron chi connectivity index (χ0n) is 16.8. The van der Waals surface area contributed by atoms with Gasteiger partial charge in [-0.2, -0.15) is 5.10 Å². The van der Waals surface area contributed by atoms with Crippen LogP contribution in [-0.2, 0) is 15.7 Å². The van der Waals surface area contributed by atoms with Crippen molar-refractivity contribution in [3.8, 4) is 5.75 Å². The molecule has 0 aliphatic carbocycles. The molecule has 2 aromatic rings. The molecule has 1 aliphatic heterocycles. The Morgan fingerprint density at radius 3 is 2.18 bits per heavy atom. The van der Waals surface area contributed by atoms with Crippen molar-refractivity contribution in [2.24, 2.45) is 5.10 Å². The number of nitrogens with one attached hydrogen (secondary N) is 1. The second-order valence-corrected chi connectivity index (χ2v) is 8.02. The topological polar surface area (TPSA) is 71.0 Å². The standard InChI is InChI=1S/C22H25N3O3/c1-21(2,3)16-8-6-15(7-9-16)14-23-25-19(26)22(4,24-20(25)27)17-10-12-18(28-5)13-11-17/h6-14H,1-5H3,(H,24,27)/b23-14+. The maximum atomic E-state index is 12.9. The number of benzene rings is 2. The van der Waals surface area contributed by atoms with Crippen LogP contribution < -0.4 is 10.1 Å². The lowest BCUT2D eigenvalue weighted by Crippen LogP contribution is -2.40. The Balaban J connectivity index is 1.80. The van der Waals surface area contributed by atoms with Crippen LogP contribution in [0.2, 0.25) is 0 Å². The third-order valence-corrected chi connectivity index (χ3v) is 4.94. The Morgan fingerprint density at radius 2 is 1.64 bits per heavy atom. The summed E-state index contributed by atoms with van der Waals surface area (Å²) in [6.07, 6.45) is 1.52. The van der Waals surface area contributed by atoms with Crippen molar-refractivity contribution in [3.05, 3.63) is 65.2 Å². The number of methoxy groups -OCH3 is 1. The summed E-state index contributed by atoms with van der Waals surface area (Å²) in [4.78, 5) is 25.3. The first-order chi connectivity index (χ1) is 13.1. The molecule has 146 valence electrons. The maximum Gasteiger partial charge on any atom is 0.346 e. The van der Waals surface area contributed by atoms with Crippen molar-refractivity contribution in [1.29, 1.82) is 0 Å². The summed E-state index contributed by atoms with van der Waals surface area (Å²) in [5.41, 5.74) is 1.56. The second-order valence-electron chi connectivity index (χ2n) is 8.02. The lowest BCUT2D eigenvalue weighted by atomic mass is 9.87. The summed E-state index contributed by atoms with van der Waals surface area (Å²) in [5, 5.41) is 7.73. The highest BCUT2D eigenvalue weighted by atomic mass is 16.5. The average molecular weight is 379 g/mol. The summed E-state index contributed by atoms with van der Waals surface area (Å²) in [7, 11) is 1.57. The predicted octanol–water partition coefficient (Wildman–Crippen LogP) is 3.79. The van der Waals surface area contributed by atoms with Crippen molar-refractivity contribution in [3.63, 3.8) is 0 Å². The highest BCUT2D eigenvalue weighted by Crippen LogP contribution is 2.30. The van der Waals surface area contributed by atoms with Gasteiger partial charge in [0.25, 0.3) is 5.91 Å². The predicted molar refractivity (Wildman–Crippen MR) is 108 cm³/mol. The van der Waals surface area contributed by atoms with Gasteiger partial charge in [-0.1, -0.05) is 57.2 Å². The fourth-order valence-electron chi connectivity index (χ4n) is 3.04. The minimum absolute atomic E-state index is 0.0562. The van der Waals surface area contributed by atoms with Crippen molar-refractivity contribution in [1.82, 2.24) is 10.3 Å². The Hall–Kier alpha value is -3.15. The third-order valence-electron chi connectivity index (χ3n) is 4.94. The molecule has 0 spiro atoms. The van der Waals surface area contributed by atoms with E-state index in [-0.39, 0.29) is 5.41 Å². The number of rotatable bonds is 4. The molecule has 1 unspecified atom stereocenters. The molecule has 1 heterocycles. The average Bonchev–Trinajstić information content (AvgIpc) is 2.89. The molecule has 1 atom stereocenters. The lowest BCUT2D eigenvalue weighted by Gasteiger charge is -2.21. The largest absolute Gasteiger partial charge is 0.497 e. The first kappa shape index (κ1) is 19.6. The normalized spacial score (nSPS) is 20.0. The number of nitrogens with zero attached hydrogens (tertiary/aromatic N) is 2. The van der Waals surface area contributed by atoms with E-state index in [4.69, 9.17) is 4.74 Å². The summed E-state index contributed by atoms with van der Waals surface area (Å²) >= 11 is 0. The Labute approximate surface area is 165 Å². The third kappa shape index (κ3) is 3.63. The van der Waals surface area contributed by atoms with Gasteiger partial charge in [0.15, 0.2) is 0 Å². The van der Waals surface area contributed by atoms with Crippen LogP contribution >= 0.6 is 0 Å². The number of imide groups is 1. The molecule has 1 saturated heterocycles. The first-order valence-electron chi connectivity index (χ1n) is 9.11. The van der Waals surface area contributed by atoms with E-state index in [1.807, 2.05) is 24.3 Å². The van der Waals surface area contributed by atoms with Crippen LogP contribution in [0, 0.1) is 0 Å². The molecule has 1 aliphatic rings. The maximum absolute atomic E-state index is 12.9.